The molecule has 1 aliphatic rings. The molecule has 1 saturated heterocycles. The van der Waals surface area contributed by atoms with Crippen LogP contribution in [0.2, 0.25) is 0 Å². The molecule has 1 aliphatic heterocycles. The second-order valence-electron chi connectivity index (χ2n) is 6.33. The van der Waals surface area contributed by atoms with Gasteiger partial charge in [-0.05, 0) is 44.0 Å². The molecule has 132 valence electrons. The molecule has 1 aromatic heterocycles. The quantitative estimate of drug-likeness (QED) is 0.614. The number of anilines is 1. The van der Waals surface area contributed by atoms with Crippen molar-refractivity contribution in [1.82, 2.24) is 4.90 Å². The summed E-state index contributed by atoms with van der Waals surface area (Å²) in [5.74, 6) is 1.18. The minimum absolute atomic E-state index is 0.0185. The van der Waals surface area contributed by atoms with Gasteiger partial charge >= 0.3 is 0 Å². The topological polar surface area (TPSA) is 79.8 Å². The Bertz CT molecular complexity index is 793. The third kappa shape index (κ3) is 3.65. The fourth-order valence-electron chi connectivity index (χ4n) is 3.12. The van der Waals surface area contributed by atoms with Crippen LogP contribution >= 0.6 is 0 Å². The van der Waals surface area contributed by atoms with Crippen molar-refractivity contribution >= 4 is 17.3 Å². The van der Waals surface area contributed by atoms with Crippen molar-refractivity contribution in [3.63, 3.8) is 0 Å². The van der Waals surface area contributed by atoms with Gasteiger partial charge in [-0.3, -0.25) is 14.9 Å². The van der Waals surface area contributed by atoms with E-state index in [0.29, 0.717) is 23.6 Å². The Morgan fingerprint density at radius 1 is 1.28 bits per heavy atom. The SMILES string of the molecule is Cc1ccc(CN(C)C(=O)c2ccc(N3CCCC3)c([N+](=O)[O-])c2)o1. The van der Waals surface area contributed by atoms with Gasteiger partial charge in [0.25, 0.3) is 11.6 Å². The smallest absolute Gasteiger partial charge is 0.293 e. The van der Waals surface area contributed by atoms with Gasteiger partial charge in [-0.1, -0.05) is 0 Å². The summed E-state index contributed by atoms with van der Waals surface area (Å²) < 4.78 is 5.48. The molecule has 25 heavy (non-hydrogen) atoms. The lowest BCUT2D eigenvalue weighted by Crippen LogP contribution is -2.26. The minimum atomic E-state index is -0.416. The molecule has 7 nitrogen and oxygen atoms in total. The maximum absolute atomic E-state index is 12.6. The van der Waals surface area contributed by atoms with Gasteiger partial charge in [-0.2, -0.15) is 0 Å². The largest absolute Gasteiger partial charge is 0.464 e. The number of nitrogens with zero attached hydrogens (tertiary/aromatic N) is 3. The highest BCUT2D eigenvalue weighted by Crippen LogP contribution is 2.32. The van der Waals surface area contributed by atoms with Gasteiger partial charge < -0.3 is 14.2 Å². The fourth-order valence-corrected chi connectivity index (χ4v) is 3.12. The van der Waals surface area contributed by atoms with E-state index in [9.17, 15) is 14.9 Å². The zero-order chi connectivity index (χ0) is 18.0. The van der Waals surface area contributed by atoms with Crippen molar-refractivity contribution in [2.75, 3.05) is 25.0 Å². The number of nitro benzene ring substituents is 1. The van der Waals surface area contributed by atoms with Crippen LogP contribution in [0.1, 0.15) is 34.7 Å². The van der Waals surface area contributed by atoms with E-state index in [-0.39, 0.29) is 11.6 Å². The average molecular weight is 343 g/mol. The summed E-state index contributed by atoms with van der Waals surface area (Å²) in [6.07, 6.45) is 2.06. The maximum Gasteiger partial charge on any atom is 0.293 e. The normalized spacial score (nSPS) is 13.9. The second-order valence-corrected chi connectivity index (χ2v) is 6.33. The molecule has 0 spiro atoms. The van der Waals surface area contributed by atoms with Crippen LogP contribution in [0.25, 0.3) is 0 Å². The molecule has 1 amide bonds. The van der Waals surface area contributed by atoms with Gasteiger partial charge in [-0.15, -0.1) is 0 Å². The molecule has 0 unspecified atom stereocenters. The molecule has 0 aliphatic carbocycles. The van der Waals surface area contributed by atoms with Crippen LogP contribution in [-0.4, -0.2) is 35.9 Å². The van der Waals surface area contributed by atoms with Crippen molar-refractivity contribution in [3.05, 3.63) is 57.5 Å². The number of carbonyl (C=O) groups is 1. The van der Waals surface area contributed by atoms with E-state index in [1.54, 1.807) is 19.2 Å². The Labute approximate surface area is 146 Å². The highest BCUT2D eigenvalue weighted by atomic mass is 16.6. The minimum Gasteiger partial charge on any atom is -0.464 e. The molecule has 0 N–H and O–H groups in total. The lowest BCUT2D eigenvalue weighted by molar-refractivity contribution is -0.384. The monoisotopic (exact) mass is 343 g/mol. The first-order valence-corrected chi connectivity index (χ1v) is 8.30. The molecule has 1 fully saturated rings. The lowest BCUT2D eigenvalue weighted by Gasteiger charge is -2.19. The highest BCUT2D eigenvalue weighted by Gasteiger charge is 2.24. The summed E-state index contributed by atoms with van der Waals surface area (Å²) in [6.45, 7) is 3.78. The van der Waals surface area contributed by atoms with Crippen molar-refractivity contribution in [2.24, 2.45) is 0 Å². The van der Waals surface area contributed by atoms with Gasteiger partial charge in [0, 0.05) is 31.8 Å². The first-order chi connectivity index (χ1) is 12.0. The molecular formula is C18H21N3O4. The number of hydrogen-bond donors (Lipinski definition) is 0. The van der Waals surface area contributed by atoms with E-state index in [0.717, 1.165) is 31.7 Å². The second kappa shape index (κ2) is 6.96. The Morgan fingerprint density at radius 3 is 2.60 bits per heavy atom. The zero-order valence-electron chi connectivity index (χ0n) is 14.4. The van der Waals surface area contributed by atoms with E-state index in [1.807, 2.05) is 24.0 Å². The van der Waals surface area contributed by atoms with E-state index in [4.69, 9.17) is 4.42 Å². The Hall–Kier alpha value is -2.83. The third-order valence-corrected chi connectivity index (χ3v) is 4.40. The predicted molar refractivity (Wildman–Crippen MR) is 93.8 cm³/mol. The van der Waals surface area contributed by atoms with Gasteiger partial charge in [-0.25, -0.2) is 0 Å². The molecular weight excluding hydrogens is 322 g/mol. The number of furan rings is 1. The van der Waals surface area contributed by atoms with Crippen LogP contribution in [0, 0.1) is 17.0 Å². The van der Waals surface area contributed by atoms with Crippen molar-refractivity contribution < 1.29 is 14.1 Å². The highest BCUT2D eigenvalue weighted by molar-refractivity contribution is 5.95. The number of nitro groups is 1. The Balaban J connectivity index is 1.82. The zero-order valence-corrected chi connectivity index (χ0v) is 14.4. The van der Waals surface area contributed by atoms with Gasteiger partial charge in [0.05, 0.1) is 11.5 Å². The summed E-state index contributed by atoms with van der Waals surface area (Å²) in [7, 11) is 1.65. The predicted octanol–water partition coefficient (Wildman–Crippen LogP) is 3.37. The molecule has 0 atom stereocenters. The van der Waals surface area contributed by atoms with E-state index >= 15 is 0 Å². The molecule has 2 heterocycles. The van der Waals surface area contributed by atoms with E-state index < -0.39 is 4.92 Å². The van der Waals surface area contributed by atoms with E-state index in [2.05, 4.69) is 0 Å². The van der Waals surface area contributed by atoms with Crippen LogP contribution in [0.3, 0.4) is 0 Å². The molecule has 0 saturated carbocycles. The first-order valence-electron chi connectivity index (χ1n) is 8.30. The Morgan fingerprint density at radius 2 is 2.00 bits per heavy atom. The van der Waals surface area contributed by atoms with Crippen molar-refractivity contribution in [2.45, 2.75) is 26.3 Å². The molecule has 3 rings (SSSR count). The third-order valence-electron chi connectivity index (χ3n) is 4.40. The summed E-state index contributed by atoms with van der Waals surface area (Å²) in [5, 5.41) is 11.5. The molecule has 0 bridgehead atoms. The molecule has 0 radical (unpaired) electrons. The fraction of sp³-hybridized carbons (Fsp3) is 0.389. The number of carbonyl (C=O) groups excluding carboxylic acids is 1. The number of hydrogen-bond acceptors (Lipinski definition) is 5. The van der Waals surface area contributed by atoms with Gasteiger partial charge in [0.1, 0.15) is 17.2 Å². The van der Waals surface area contributed by atoms with Crippen LogP contribution in [0.5, 0.6) is 0 Å². The van der Waals surface area contributed by atoms with Gasteiger partial charge in [0.2, 0.25) is 0 Å². The molecule has 2 aromatic rings. The molecule has 1 aromatic carbocycles. The molecule has 7 heteroatoms. The van der Waals surface area contributed by atoms with E-state index in [1.165, 1.54) is 11.0 Å². The Kier molecular flexibility index (Phi) is 4.74. The summed E-state index contributed by atoms with van der Waals surface area (Å²) >= 11 is 0. The first kappa shape index (κ1) is 17.0. The number of rotatable bonds is 5. The number of aryl methyl sites for hydroxylation is 1. The van der Waals surface area contributed by atoms with Crippen LogP contribution in [0.15, 0.2) is 34.7 Å². The van der Waals surface area contributed by atoms with Crippen LogP contribution < -0.4 is 4.90 Å². The maximum atomic E-state index is 12.6. The summed E-state index contributed by atoms with van der Waals surface area (Å²) in [5.41, 5.74) is 0.874. The van der Waals surface area contributed by atoms with Crippen molar-refractivity contribution in [1.29, 1.82) is 0 Å². The van der Waals surface area contributed by atoms with Gasteiger partial charge in [0.15, 0.2) is 0 Å². The standard InChI is InChI=1S/C18H21N3O4/c1-13-5-7-15(25-13)12-19(2)18(22)14-6-8-16(17(11-14)21(23)24)20-9-3-4-10-20/h5-8,11H,3-4,9-10,12H2,1-2H3. The average Bonchev–Trinajstić information content (AvgIpc) is 3.25. The van der Waals surface area contributed by atoms with Crippen molar-refractivity contribution in [3.8, 4) is 0 Å². The number of benzene rings is 1. The summed E-state index contributed by atoms with van der Waals surface area (Å²) in [4.78, 5) is 27.1. The summed E-state index contributed by atoms with van der Waals surface area (Å²) in [6, 6.07) is 8.37. The van der Waals surface area contributed by atoms with Crippen LogP contribution in [0.4, 0.5) is 11.4 Å². The lowest BCUT2D eigenvalue weighted by atomic mass is 10.1. The number of amides is 1. The van der Waals surface area contributed by atoms with Crippen LogP contribution in [-0.2, 0) is 6.54 Å².